The van der Waals surface area contributed by atoms with Gasteiger partial charge in [-0.25, -0.2) is 0 Å². The molecule has 1 N–H and O–H groups in total. The molecule has 0 saturated heterocycles. The van der Waals surface area contributed by atoms with Crippen molar-refractivity contribution in [3.05, 3.63) is 60.1 Å². The van der Waals surface area contributed by atoms with Crippen molar-refractivity contribution in [3.63, 3.8) is 0 Å². The summed E-state index contributed by atoms with van der Waals surface area (Å²) in [4.78, 5) is 0. The minimum Gasteiger partial charge on any atom is -0.467 e. The molecule has 2 aromatic rings. The van der Waals surface area contributed by atoms with Crippen molar-refractivity contribution in [3.8, 4) is 0 Å². The molecule has 0 amide bonds. The lowest BCUT2D eigenvalue weighted by molar-refractivity contribution is 0.452. The van der Waals surface area contributed by atoms with Crippen molar-refractivity contribution in [2.24, 2.45) is 0 Å². The van der Waals surface area contributed by atoms with Crippen molar-refractivity contribution in [1.29, 1.82) is 0 Å². The monoisotopic (exact) mass is 201 g/mol. The Kier molecular flexibility index (Phi) is 3.20. The van der Waals surface area contributed by atoms with Crippen molar-refractivity contribution in [2.75, 3.05) is 6.54 Å². The van der Waals surface area contributed by atoms with Gasteiger partial charge in [0.15, 0.2) is 0 Å². The van der Waals surface area contributed by atoms with Gasteiger partial charge in [-0.05, 0) is 24.2 Å². The molecule has 0 aliphatic rings. The van der Waals surface area contributed by atoms with Gasteiger partial charge in [0.2, 0.25) is 0 Å². The molecule has 0 aliphatic heterocycles. The third-order valence-corrected chi connectivity index (χ3v) is 2.37. The predicted octanol–water partition coefficient (Wildman–Crippen LogP) is 2.98. The van der Waals surface area contributed by atoms with Crippen LogP contribution in [0.3, 0.4) is 0 Å². The Morgan fingerprint density at radius 2 is 1.93 bits per heavy atom. The Morgan fingerprint density at radius 1 is 1.13 bits per heavy atom. The Hall–Kier alpha value is -1.54. The highest BCUT2D eigenvalue weighted by molar-refractivity contribution is 5.26. The summed E-state index contributed by atoms with van der Waals surface area (Å²) < 4.78 is 5.44. The van der Waals surface area contributed by atoms with E-state index in [4.69, 9.17) is 4.42 Å². The van der Waals surface area contributed by atoms with Crippen LogP contribution in [0.25, 0.3) is 0 Å². The fourth-order valence-electron chi connectivity index (χ4n) is 1.69. The molecule has 2 nitrogen and oxygen atoms in total. The molecule has 0 radical (unpaired) electrons. The lowest BCUT2D eigenvalue weighted by atomic mass is 10.0. The molecule has 1 aromatic carbocycles. The van der Waals surface area contributed by atoms with Gasteiger partial charge in [0.05, 0.1) is 12.3 Å². The van der Waals surface area contributed by atoms with Gasteiger partial charge in [-0.15, -0.1) is 0 Å². The number of furan rings is 1. The molecule has 0 bridgehead atoms. The van der Waals surface area contributed by atoms with Gasteiger partial charge in [-0.2, -0.15) is 0 Å². The third kappa shape index (κ3) is 2.28. The van der Waals surface area contributed by atoms with Crippen LogP contribution in [0.15, 0.2) is 53.1 Å². The van der Waals surface area contributed by atoms with Gasteiger partial charge in [0, 0.05) is 0 Å². The van der Waals surface area contributed by atoms with Crippen LogP contribution in [-0.2, 0) is 0 Å². The number of benzene rings is 1. The van der Waals surface area contributed by atoms with Crippen molar-refractivity contribution < 1.29 is 4.42 Å². The topological polar surface area (TPSA) is 25.2 Å². The molecule has 0 spiro atoms. The van der Waals surface area contributed by atoms with Crippen LogP contribution in [0, 0.1) is 0 Å². The molecule has 2 rings (SSSR count). The van der Waals surface area contributed by atoms with Crippen molar-refractivity contribution in [2.45, 2.75) is 13.0 Å². The Morgan fingerprint density at radius 3 is 2.53 bits per heavy atom. The summed E-state index contributed by atoms with van der Waals surface area (Å²) in [6.07, 6.45) is 1.71. The Labute approximate surface area is 89.9 Å². The third-order valence-electron chi connectivity index (χ3n) is 2.37. The smallest absolute Gasteiger partial charge is 0.125 e. The van der Waals surface area contributed by atoms with E-state index in [0.29, 0.717) is 0 Å². The second-order valence-electron chi connectivity index (χ2n) is 3.42. The second kappa shape index (κ2) is 4.80. The molecule has 0 fully saturated rings. The molecule has 1 atom stereocenters. The van der Waals surface area contributed by atoms with E-state index in [1.54, 1.807) is 6.26 Å². The molecule has 15 heavy (non-hydrogen) atoms. The minimum absolute atomic E-state index is 0.159. The van der Waals surface area contributed by atoms with E-state index in [0.717, 1.165) is 12.3 Å². The van der Waals surface area contributed by atoms with Gasteiger partial charge in [0.1, 0.15) is 5.76 Å². The number of rotatable bonds is 4. The summed E-state index contributed by atoms with van der Waals surface area (Å²) in [5, 5.41) is 3.41. The first kappa shape index (κ1) is 9.99. The van der Waals surface area contributed by atoms with Gasteiger partial charge < -0.3 is 9.73 Å². The summed E-state index contributed by atoms with van der Waals surface area (Å²) in [5.41, 5.74) is 1.23. The van der Waals surface area contributed by atoms with Crippen LogP contribution in [-0.4, -0.2) is 6.54 Å². The summed E-state index contributed by atoms with van der Waals surface area (Å²) in [5.74, 6) is 0.961. The van der Waals surface area contributed by atoms with Crippen molar-refractivity contribution in [1.82, 2.24) is 5.32 Å². The molecule has 0 saturated carbocycles. The first-order valence-electron chi connectivity index (χ1n) is 5.23. The summed E-state index contributed by atoms with van der Waals surface area (Å²) >= 11 is 0. The first-order valence-corrected chi connectivity index (χ1v) is 5.23. The Balaban J connectivity index is 2.28. The zero-order valence-corrected chi connectivity index (χ0v) is 8.81. The van der Waals surface area contributed by atoms with Gasteiger partial charge in [-0.3, -0.25) is 0 Å². The Bertz CT molecular complexity index is 380. The van der Waals surface area contributed by atoms with E-state index in [-0.39, 0.29) is 6.04 Å². The van der Waals surface area contributed by atoms with Gasteiger partial charge in [-0.1, -0.05) is 37.3 Å². The summed E-state index contributed by atoms with van der Waals surface area (Å²) in [6.45, 7) is 3.01. The fourth-order valence-corrected chi connectivity index (χ4v) is 1.69. The minimum atomic E-state index is 0.159. The standard InChI is InChI=1S/C13H15NO/c1-2-14-13(12-9-6-10-15-12)11-7-4-3-5-8-11/h3-10,13-14H,2H2,1H3. The van der Waals surface area contributed by atoms with Gasteiger partial charge in [0.25, 0.3) is 0 Å². The first-order chi connectivity index (χ1) is 7.42. The van der Waals surface area contributed by atoms with E-state index in [2.05, 4.69) is 24.4 Å². The van der Waals surface area contributed by atoms with E-state index in [1.807, 2.05) is 30.3 Å². The molecule has 1 unspecified atom stereocenters. The van der Waals surface area contributed by atoms with E-state index in [9.17, 15) is 0 Å². The van der Waals surface area contributed by atoms with Crippen LogP contribution in [0.1, 0.15) is 24.3 Å². The summed E-state index contributed by atoms with van der Waals surface area (Å²) in [6, 6.07) is 14.4. The van der Waals surface area contributed by atoms with Crippen molar-refractivity contribution >= 4 is 0 Å². The fraction of sp³-hybridized carbons (Fsp3) is 0.231. The molecule has 78 valence electrons. The zero-order valence-electron chi connectivity index (χ0n) is 8.81. The molecular formula is C13H15NO. The lowest BCUT2D eigenvalue weighted by Gasteiger charge is -2.15. The number of nitrogens with one attached hydrogen (secondary N) is 1. The second-order valence-corrected chi connectivity index (χ2v) is 3.42. The van der Waals surface area contributed by atoms with Crippen LogP contribution in [0.5, 0.6) is 0 Å². The average Bonchev–Trinajstić information content (AvgIpc) is 2.80. The predicted molar refractivity (Wildman–Crippen MR) is 60.7 cm³/mol. The quantitative estimate of drug-likeness (QED) is 0.822. The molecule has 0 aliphatic carbocycles. The van der Waals surface area contributed by atoms with E-state index in [1.165, 1.54) is 5.56 Å². The molecule has 1 aromatic heterocycles. The maximum Gasteiger partial charge on any atom is 0.125 e. The van der Waals surface area contributed by atoms with Gasteiger partial charge >= 0.3 is 0 Å². The highest BCUT2D eigenvalue weighted by Gasteiger charge is 2.14. The van der Waals surface area contributed by atoms with E-state index < -0.39 is 0 Å². The number of hydrogen-bond donors (Lipinski definition) is 1. The van der Waals surface area contributed by atoms with Crippen LogP contribution in [0.4, 0.5) is 0 Å². The SMILES string of the molecule is CCNC(c1ccccc1)c1ccco1. The lowest BCUT2D eigenvalue weighted by Crippen LogP contribution is -2.21. The maximum atomic E-state index is 5.44. The highest BCUT2D eigenvalue weighted by atomic mass is 16.3. The van der Waals surface area contributed by atoms with Crippen LogP contribution in [0.2, 0.25) is 0 Å². The largest absolute Gasteiger partial charge is 0.467 e. The summed E-state index contributed by atoms with van der Waals surface area (Å²) in [7, 11) is 0. The van der Waals surface area contributed by atoms with E-state index >= 15 is 0 Å². The van der Waals surface area contributed by atoms with Crippen LogP contribution < -0.4 is 5.32 Å². The molecule has 1 heterocycles. The molecular weight excluding hydrogens is 186 g/mol. The highest BCUT2D eigenvalue weighted by Crippen LogP contribution is 2.21. The van der Waals surface area contributed by atoms with Crippen LogP contribution >= 0.6 is 0 Å². The average molecular weight is 201 g/mol. The number of hydrogen-bond acceptors (Lipinski definition) is 2. The normalized spacial score (nSPS) is 12.6. The molecule has 2 heteroatoms. The zero-order chi connectivity index (χ0) is 10.5. The maximum absolute atomic E-state index is 5.44.